The van der Waals surface area contributed by atoms with Crippen molar-refractivity contribution in [2.75, 3.05) is 23.8 Å². The molecule has 0 spiro atoms. The van der Waals surface area contributed by atoms with Gasteiger partial charge in [-0.3, -0.25) is 0 Å². The van der Waals surface area contributed by atoms with Crippen LogP contribution in [0.4, 0.5) is 11.6 Å². The van der Waals surface area contributed by atoms with Gasteiger partial charge < -0.3 is 20.4 Å². The van der Waals surface area contributed by atoms with Crippen LogP contribution in [0.25, 0.3) is 11.0 Å². The third-order valence-corrected chi connectivity index (χ3v) is 6.59. The van der Waals surface area contributed by atoms with Crippen LogP contribution in [0.3, 0.4) is 0 Å². The van der Waals surface area contributed by atoms with Crippen molar-refractivity contribution in [1.82, 2.24) is 15.0 Å². The van der Waals surface area contributed by atoms with Gasteiger partial charge in [-0.05, 0) is 26.0 Å². The van der Waals surface area contributed by atoms with Crippen LogP contribution >= 0.6 is 0 Å². The Hall–Kier alpha value is -2.65. The number of anilines is 2. The summed E-state index contributed by atoms with van der Waals surface area (Å²) in [6.07, 6.45) is 1.42. The van der Waals surface area contributed by atoms with Gasteiger partial charge >= 0.3 is 0 Å². The molecule has 1 aliphatic rings. The van der Waals surface area contributed by atoms with Crippen LogP contribution in [0.2, 0.25) is 0 Å². The van der Waals surface area contributed by atoms with Crippen molar-refractivity contribution in [3.63, 3.8) is 0 Å². The summed E-state index contributed by atoms with van der Waals surface area (Å²) in [5.74, 6) is 0.688. The first kappa shape index (κ1) is 17.7. The molecular formula is C18H21N5O3S. The normalized spacial score (nSPS) is 20.9. The fourth-order valence-electron chi connectivity index (χ4n) is 3.39. The molecule has 3 aromatic rings. The minimum absolute atomic E-state index is 0.0127. The molecule has 2 unspecified atom stereocenters. The molecule has 8 nitrogen and oxygen atoms in total. The van der Waals surface area contributed by atoms with Gasteiger partial charge in [0.25, 0.3) is 0 Å². The first-order valence-electron chi connectivity index (χ1n) is 8.70. The van der Waals surface area contributed by atoms with Crippen LogP contribution < -0.4 is 10.6 Å². The van der Waals surface area contributed by atoms with Crippen LogP contribution in [0, 0.1) is 0 Å². The van der Waals surface area contributed by atoms with Crippen molar-refractivity contribution in [2.24, 2.45) is 0 Å². The molecule has 1 aliphatic heterocycles. The Balaban J connectivity index is 1.90. The molecule has 27 heavy (non-hydrogen) atoms. The van der Waals surface area contributed by atoms with Crippen molar-refractivity contribution < 1.29 is 13.2 Å². The molecule has 3 N–H and O–H groups in total. The third kappa shape index (κ3) is 2.92. The number of nitrogens with two attached hydrogens (primary N) is 1. The molecule has 1 saturated heterocycles. The highest BCUT2D eigenvalue weighted by atomic mass is 32.2. The van der Waals surface area contributed by atoms with E-state index in [1.54, 1.807) is 30.3 Å². The number of aromatic nitrogens is 3. The summed E-state index contributed by atoms with van der Waals surface area (Å²) in [6, 6.07) is 8.30. The summed E-state index contributed by atoms with van der Waals surface area (Å²) in [5.41, 5.74) is 6.91. The maximum Gasteiger partial charge on any atom is 0.212 e. The lowest BCUT2D eigenvalue weighted by molar-refractivity contribution is 0.0341. The molecule has 2 aromatic heterocycles. The first-order valence-corrected chi connectivity index (χ1v) is 10.2. The van der Waals surface area contributed by atoms with E-state index in [1.807, 2.05) is 13.8 Å². The van der Waals surface area contributed by atoms with Crippen LogP contribution in [-0.4, -0.2) is 48.7 Å². The van der Waals surface area contributed by atoms with Crippen LogP contribution in [0.1, 0.15) is 13.8 Å². The summed E-state index contributed by atoms with van der Waals surface area (Å²) in [5, 5.41) is 0. The Morgan fingerprint density at radius 3 is 2.70 bits per heavy atom. The maximum absolute atomic E-state index is 13.1. The SMILES string of the molecule is CC1CN(c2ncnc3c(S(=O)(=O)c4ccccc4)c(N)[nH]c23)C(C)CO1. The van der Waals surface area contributed by atoms with Crippen molar-refractivity contribution in [1.29, 1.82) is 0 Å². The Bertz CT molecular complexity index is 1080. The van der Waals surface area contributed by atoms with Gasteiger partial charge in [-0.2, -0.15) is 0 Å². The molecule has 2 atom stereocenters. The number of rotatable bonds is 3. The predicted molar refractivity (Wildman–Crippen MR) is 102 cm³/mol. The topological polar surface area (TPSA) is 114 Å². The molecule has 9 heteroatoms. The van der Waals surface area contributed by atoms with E-state index in [4.69, 9.17) is 10.5 Å². The lowest BCUT2D eigenvalue weighted by Crippen LogP contribution is -2.47. The minimum atomic E-state index is -3.81. The molecule has 0 bridgehead atoms. The summed E-state index contributed by atoms with van der Waals surface area (Å²) >= 11 is 0. The summed E-state index contributed by atoms with van der Waals surface area (Å²) in [7, 11) is -3.81. The van der Waals surface area contributed by atoms with E-state index < -0.39 is 9.84 Å². The van der Waals surface area contributed by atoms with E-state index in [0.29, 0.717) is 30.0 Å². The molecule has 0 radical (unpaired) electrons. The maximum atomic E-state index is 13.1. The number of morpholine rings is 1. The van der Waals surface area contributed by atoms with Gasteiger partial charge in [-0.25, -0.2) is 18.4 Å². The third-order valence-electron chi connectivity index (χ3n) is 4.75. The monoisotopic (exact) mass is 387 g/mol. The zero-order valence-corrected chi connectivity index (χ0v) is 15.9. The number of ether oxygens (including phenoxy) is 1. The second kappa shape index (κ2) is 6.50. The van der Waals surface area contributed by atoms with Crippen molar-refractivity contribution in [3.8, 4) is 0 Å². The fraction of sp³-hybridized carbons (Fsp3) is 0.333. The lowest BCUT2D eigenvalue weighted by atomic mass is 10.2. The van der Waals surface area contributed by atoms with Crippen LogP contribution in [0.15, 0.2) is 46.5 Å². The summed E-state index contributed by atoms with van der Waals surface area (Å²) < 4.78 is 32.0. The molecule has 1 aromatic carbocycles. The van der Waals surface area contributed by atoms with E-state index in [1.165, 1.54) is 6.33 Å². The molecule has 1 fully saturated rings. The standard InChI is InChI=1S/C18H21N5O3S/c1-11-9-26-12(2)8-23(11)18-15-14(20-10-21-18)16(17(19)22-15)27(24,25)13-6-4-3-5-7-13/h3-7,10-12,22H,8-9,19H2,1-2H3. The fourth-order valence-corrected chi connectivity index (χ4v) is 4.89. The van der Waals surface area contributed by atoms with Gasteiger partial charge in [-0.1, -0.05) is 18.2 Å². The zero-order chi connectivity index (χ0) is 19.2. The first-order chi connectivity index (χ1) is 12.9. The van der Waals surface area contributed by atoms with Crippen molar-refractivity contribution >= 4 is 32.5 Å². The average Bonchev–Trinajstić information content (AvgIpc) is 3.01. The average molecular weight is 387 g/mol. The Morgan fingerprint density at radius 2 is 1.96 bits per heavy atom. The van der Waals surface area contributed by atoms with Crippen molar-refractivity contribution in [3.05, 3.63) is 36.7 Å². The Kier molecular flexibility index (Phi) is 4.27. The number of nitrogen functional groups attached to an aromatic ring is 1. The number of nitrogens with one attached hydrogen (secondary N) is 1. The number of nitrogens with zero attached hydrogens (tertiary/aromatic N) is 3. The second-order valence-electron chi connectivity index (χ2n) is 6.75. The number of H-pyrrole nitrogens is 1. The molecule has 0 aliphatic carbocycles. The predicted octanol–water partition coefficient (Wildman–Crippen LogP) is 1.99. The van der Waals surface area contributed by atoms with Gasteiger partial charge in [0.05, 0.1) is 23.6 Å². The highest BCUT2D eigenvalue weighted by Gasteiger charge is 2.31. The Labute approximate surface area is 157 Å². The van der Waals surface area contributed by atoms with Gasteiger partial charge in [0.1, 0.15) is 28.1 Å². The van der Waals surface area contributed by atoms with E-state index in [0.717, 1.165) is 0 Å². The smallest absolute Gasteiger partial charge is 0.212 e. The molecule has 0 amide bonds. The van der Waals surface area contributed by atoms with Gasteiger partial charge in [0.15, 0.2) is 5.82 Å². The molecule has 142 valence electrons. The van der Waals surface area contributed by atoms with Gasteiger partial charge in [0.2, 0.25) is 9.84 Å². The van der Waals surface area contributed by atoms with E-state index >= 15 is 0 Å². The molecule has 0 saturated carbocycles. The number of hydrogen-bond acceptors (Lipinski definition) is 7. The minimum Gasteiger partial charge on any atom is -0.384 e. The number of hydrogen-bond donors (Lipinski definition) is 2. The van der Waals surface area contributed by atoms with Crippen LogP contribution in [-0.2, 0) is 14.6 Å². The second-order valence-corrected chi connectivity index (χ2v) is 8.64. The Morgan fingerprint density at radius 1 is 1.22 bits per heavy atom. The lowest BCUT2D eigenvalue weighted by Gasteiger charge is -2.37. The van der Waals surface area contributed by atoms with E-state index in [2.05, 4.69) is 19.9 Å². The number of fused-ring (bicyclic) bond motifs is 1. The van der Waals surface area contributed by atoms with Gasteiger partial charge in [0, 0.05) is 6.54 Å². The number of sulfone groups is 1. The number of aromatic amines is 1. The van der Waals surface area contributed by atoms with E-state index in [-0.39, 0.29) is 27.8 Å². The molecular weight excluding hydrogens is 366 g/mol. The van der Waals surface area contributed by atoms with Crippen LogP contribution in [0.5, 0.6) is 0 Å². The largest absolute Gasteiger partial charge is 0.384 e. The van der Waals surface area contributed by atoms with Gasteiger partial charge in [-0.15, -0.1) is 0 Å². The molecule has 3 heterocycles. The van der Waals surface area contributed by atoms with E-state index in [9.17, 15) is 8.42 Å². The number of benzene rings is 1. The van der Waals surface area contributed by atoms with Crippen molar-refractivity contribution in [2.45, 2.75) is 35.8 Å². The zero-order valence-electron chi connectivity index (χ0n) is 15.1. The quantitative estimate of drug-likeness (QED) is 0.706. The highest BCUT2D eigenvalue weighted by molar-refractivity contribution is 7.92. The summed E-state index contributed by atoms with van der Waals surface area (Å²) in [6.45, 7) is 5.24. The molecule has 4 rings (SSSR count). The summed E-state index contributed by atoms with van der Waals surface area (Å²) in [4.78, 5) is 13.9. The highest BCUT2D eigenvalue weighted by Crippen LogP contribution is 2.36.